The van der Waals surface area contributed by atoms with E-state index in [1.807, 2.05) is 63.2 Å². The molecule has 0 atom stereocenters. The van der Waals surface area contributed by atoms with Gasteiger partial charge in [0.2, 0.25) is 11.8 Å². The predicted molar refractivity (Wildman–Crippen MR) is 106 cm³/mol. The van der Waals surface area contributed by atoms with Crippen molar-refractivity contribution in [2.24, 2.45) is 5.41 Å². The second kappa shape index (κ2) is 8.17. The van der Waals surface area contributed by atoms with Gasteiger partial charge in [-0.15, -0.1) is 0 Å². The Morgan fingerprint density at radius 2 is 1.50 bits per heavy atom. The van der Waals surface area contributed by atoms with E-state index in [0.717, 1.165) is 34.4 Å². The van der Waals surface area contributed by atoms with Crippen LogP contribution in [0.2, 0.25) is 0 Å². The Hall–Kier alpha value is -2.62. The van der Waals surface area contributed by atoms with Gasteiger partial charge in [0, 0.05) is 12.2 Å². The molecule has 0 heterocycles. The van der Waals surface area contributed by atoms with E-state index in [1.54, 1.807) is 13.8 Å². The minimum Gasteiger partial charge on any atom is -0.351 e. The number of aryl methyl sites for hydroxylation is 3. The van der Waals surface area contributed by atoms with E-state index in [2.05, 4.69) is 10.6 Å². The molecule has 0 saturated carbocycles. The highest BCUT2D eigenvalue weighted by Gasteiger charge is 2.36. The molecule has 0 unspecified atom stereocenters. The fraction of sp³-hybridized carbons (Fsp3) is 0.364. The van der Waals surface area contributed by atoms with E-state index < -0.39 is 5.41 Å². The quantitative estimate of drug-likeness (QED) is 0.768. The number of nitrogens with one attached hydrogen (secondary N) is 2. The number of hydrogen-bond donors (Lipinski definition) is 2. The summed E-state index contributed by atoms with van der Waals surface area (Å²) >= 11 is 0. The molecular weight excluding hydrogens is 324 g/mol. The SMILES string of the molecule is CCc1cccc(C)c1NC(=O)C(C)(C)C(=O)NCc1ccccc1C. The van der Waals surface area contributed by atoms with Crippen LogP contribution in [-0.2, 0) is 22.6 Å². The van der Waals surface area contributed by atoms with Gasteiger partial charge in [0.05, 0.1) is 0 Å². The highest BCUT2D eigenvalue weighted by atomic mass is 16.2. The van der Waals surface area contributed by atoms with Crippen LogP contribution in [0.15, 0.2) is 42.5 Å². The summed E-state index contributed by atoms with van der Waals surface area (Å²) < 4.78 is 0. The molecule has 2 aromatic carbocycles. The normalized spacial score (nSPS) is 11.1. The van der Waals surface area contributed by atoms with Gasteiger partial charge in [-0.05, 0) is 56.4 Å². The van der Waals surface area contributed by atoms with E-state index in [-0.39, 0.29) is 11.8 Å². The molecule has 0 radical (unpaired) electrons. The number of carbonyl (C=O) groups is 2. The first-order valence-corrected chi connectivity index (χ1v) is 9.00. The number of benzene rings is 2. The van der Waals surface area contributed by atoms with Crippen LogP contribution in [0.1, 0.15) is 43.0 Å². The van der Waals surface area contributed by atoms with Crippen molar-refractivity contribution in [3.8, 4) is 0 Å². The molecule has 2 aromatic rings. The minimum atomic E-state index is -1.17. The highest BCUT2D eigenvalue weighted by Crippen LogP contribution is 2.25. The van der Waals surface area contributed by atoms with E-state index in [0.29, 0.717) is 6.54 Å². The van der Waals surface area contributed by atoms with Crippen LogP contribution in [0.4, 0.5) is 5.69 Å². The van der Waals surface area contributed by atoms with Crippen molar-refractivity contribution in [1.29, 1.82) is 0 Å². The van der Waals surface area contributed by atoms with Gasteiger partial charge < -0.3 is 10.6 Å². The topological polar surface area (TPSA) is 58.2 Å². The van der Waals surface area contributed by atoms with Gasteiger partial charge in [-0.3, -0.25) is 9.59 Å². The fourth-order valence-corrected chi connectivity index (χ4v) is 2.78. The third kappa shape index (κ3) is 4.31. The first-order chi connectivity index (χ1) is 12.3. The lowest BCUT2D eigenvalue weighted by atomic mass is 9.90. The van der Waals surface area contributed by atoms with Crippen molar-refractivity contribution in [3.05, 3.63) is 64.7 Å². The molecule has 4 heteroatoms. The molecule has 0 aliphatic heterocycles. The lowest BCUT2D eigenvalue weighted by Gasteiger charge is -2.24. The summed E-state index contributed by atoms with van der Waals surface area (Å²) in [7, 11) is 0. The van der Waals surface area contributed by atoms with Crippen molar-refractivity contribution in [1.82, 2.24) is 5.32 Å². The second-order valence-corrected chi connectivity index (χ2v) is 7.15. The largest absolute Gasteiger partial charge is 0.351 e. The standard InChI is InChI=1S/C22H28N2O2/c1-6-17-13-9-11-16(3)19(17)24-21(26)22(4,5)20(25)23-14-18-12-8-7-10-15(18)2/h7-13H,6,14H2,1-5H3,(H,23,25)(H,24,26). The Morgan fingerprint density at radius 1 is 0.885 bits per heavy atom. The Kier molecular flexibility index (Phi) is 6.19. The molecule has 0 bridgehead atoms. The van der Waals surface area contributed by atoms with Crippen molar-refractivity contribution < 1.29 is 9.59 Å². The van der Waals surface area contributed by atoms with Crippen LogP contribution < -0.4 is 10.6 Å². The van der Waals surface area contributed by atoms with Crippen molar-refractivity contribution >= 4 is 17.5 Å². The number of amides is 2. The first-order valence-electron chi connectivity index (χ1n) is 9.00. The molecule has 4 nitrogen and oxygen atoms in total. The maximum Gasteiger partial charge on any atom is 0.239 e. The van der Waals surface area contributed by atoms with Crippen LogP contribution in [-0.4, -0.2) is 11.8 Å². The zero-order valence-electron chi connectivity index (χ0n) is 16.3. The summed E-state index contributed by atoms with van der Waals surface area (Å²) in [6.07, 6.45) is 0.817. The number of carbonyl (C=O) groups excluding carboxylic acids is 2. The number of hydrogen-bond acceptors (Lipinski definition) is 2. The van der Waals surface area contributed by atoms with Crippen LogP contribution in [0.25, 0.3) is 0 Å². The molecule has 138 valence electrons. The van der Waals surface area contributed by atoms with Crippen LogP contribution >= 0.6 is 0 Å². The molecule has 2 N–H and O–H groups in total. The molecule has 0 spiro atoms. The zero-order chi connectivity index (χ0) is 19.3. The summed E-state index contributed by atoms with van der Waals surface area (Å²) in [5, 5.41) is 5.85. The monoisotopic (exact) mass is 352 g/mol. The molecule has 2 amide bonds. The van der Waals surface area contributed by atoms with E-state index >= 15 is 0 Å². The highest BCUT2D eigenvalue weighted by molar-refractivity contribution is 6.10. The van der Waals surface area contributed by atoms with Crippen molar-refractivity contribution in [2.75, 3.05) is 5.32 Å². The predicted octanol–water partition coefficient (Wildman–Crippen LogP) is 4.15. The van der Waals surface area contributed by atoms with Crippen molar-refractivity contribution in [2.45, 2.75) is 47.6 Å². The third-order valence-electron chi connectivity index (χ3n) is 4.81. The molecule has 0 saturated heterocycles. The summed E-state index contributed by atoms with van der Waals surface area (Å²) in [6, 6.07) is 13.8. The van der Waals surface area contributed by atoms with Gasteiger partial charge in [0.15, 0.2) is 0 Å². The van der Waals surface area contributed by atoms with Gasteiger partial charge >= 0.3 is 0 Å². The van der Waals surface area contributed by atoms with E-state index in [1.165, 1.54) is 0 Å². The van der Waals surface area contributed by atoms with Crippen LogP contribution in [0, 0.1) is 19.3 Å². The smallest absolute Gasteiger partial charge is 0.239 e. The summed E-state index contributed by atoms with van der Waals surface area (Å²) in [5.41, 5.74) is 3.85. The van der Waals surface area contributed by atoms with E-state index in [4.69, 9.17) is 0 Å². The summed E-state index contributed by atoms with van der Waals surface area (Å²) in [5.74, 6) is -0.589. The molecule has 0 aliphatic carbocycles. The Labute approximate surface area is 156 Å². The number of anilines is 1. The average molecular weight is 352 g/mol. The Balaban J connectivity index is 2.10. The van der Waals surface area contributed by atoms with Gasteiger partial charge in [-0.1, -0.05) is 49.4 Å². The lowest BCUT2D eigenvalue weighted by molar-refractivity contribution is -0.138. The van der Waals surface area contributed by atoms with Gasteiger partial charge in [-0.25, -0.2) is 0 Å². The first kappa shape index (κ1) is 19.7. The van der Waals surface area contributed by atoms with Gasteiger partial charge in [0.1, 0.15) is 5.41 Å². The fourth-order valence-electron chi connectivity index (χ4n) is 2.78. The summed E-state index contributed by atoms with van der Waals surface area (Å²) in [4.78, 5) is 25.5. The molecular formula is C22H28N2O2. The minimum absolute atomic E-state index is 0.287. The molecule has 0 aromatic heterocycles. The average Bonchev–Trinajstić information content (AvgIpc) is 2.62. The number of rotatable bonds is 6. The molecule has 0 fully saturated rings. The van der Waals surface area contributed by atoms with Crippen LogP contribution in [0.3, 0.4) is 0 Å². The van der Waals surface area contributed by atoms with Crippen molar-refractivity contribution in [3.63, 3.8) is 0 Å². The number of para-hydroxylation sites is 1. The summed E-state index contributed by atoms with van der Waals surface area (Å²) in [6.45, 7) is 9.72. The molecule has 0 aliphatic rings. The Bertz CT molecular complexity index is 810. The third-order valence-corrected chi connectivity index (χ3v) is 4.81. The van der Waals surface area contributed by atoms with Gasteiger partial charge in [0.25, 0.3) is 0 Å². The maximum absolute atomic E-state index is 12.8. The second-order valence-electron chi connectivity index (χ2n) is 7.15. The van der Waals surface area contributed by atoms with Gasteiger partial charge in [-0.2, -0.15) is 0 Å². The maximum atomic E-state index is 12.8. The van der Waals surface area contributed by atoms with E-state index in [9.17, 15) is 9.59 Å². The Morgan fingerprint density at radius 3 is 2.15 bits per heavy atom. The van der Waals surface area contributed by atoms with Crippen LogP contribution in [0.5, 0.6) is 0 Å². The zero-order valence-corrected chi connectivity index (χ0v) is 16.3. The molecule has 26 heavy (non-hydrogen) atoms. The lowest BCUT2D eigenvalue weighted by Crippen LogP contribution is -2.45. The molecule has 2 rings (SSSR count).